The Kier molecular flexibility index (Phi) is 8.92. The van der Waals surface area contributed by atoms with Crippen molar-refractivity contribution in [3.8, 4) is 0 Å². The van der Waals surface area contributed by atoms with Gasteiger partial charge in [0.15, 0.2) is 21.5 Å². The van der Waals surface area contributed by atoms with Crippen molar-refractivity contribution in [1.82, 2.24) is 4.31 Å². The van der Waals surface area contributed by atoms with Crippen molar-refractivity contribution in [1.29, 1.82) is 0 Å². The minimum atomic E-state index is -4.26. The Morgan fingerprint density at radius 3 is 2.08 bits per heavy atom. The number of benzene rings is 1. The highest BCUT2D eigenvalue weighted by Gasteiger charge is 2.52. The van der Waals surface area contributed by atoms with Gasteiger partial charge >= 0.3 is 0 Å². The summed E-state index contributed by atoms with van der Waals surface area (Å²) in [5.74, 6) is 0. The molecule has 1 aliphatic rings. The number of para-hydroxylation sites is 1. The van der Waals surface area contributed by atoms with Gasteiger partial charge < -0.3 is 8.85 Å². The molecule has 0 spiro atoms. The van der Waals surface area contributed by atoms with Crippen LogP contribution in [0, 0.1) is 10.1 Å². The van der Waals surface area contributed by atoms with Crippen LogP contribution in [0.5, 0.6) is 0 Å². The molecular weight excluding hydrogens is 513 g/mol. The molecule has 0 aromatic heterocycles. The largest absolute Gasteiger partial charge is 0.415 e. The van der Waals surface area contributed by atoms with Crippen LogP contribution in [-0.2, 0) is 18.9 Å². The molecule has 0 N–H and O–H groups in total. The Morgan fingerprint density at radius 1 is 1.08 bits per heavy atom. The molecule has 3 atom stereocenters. The number of hydrogen-bond donors (Lipinski definition) is 0. The van der Waals surface area contributed by atoms with Gasteiger partial charge in [0.25, 0.3) is 15.7 Å². The lowest BCUT2D eigenvalue weighted by molar-refractivity contribution is -0.387. The third-order valence-electron chi connectivity index (χ3n) is 8.12. The fourth-order valence-electron chi connectivity index (χ4n) is 3.78. The summed E-state index contributed by atoms with van der Waals surface area (Å²) in [6.45, 7) is 25.4. The van der Waals surface area contributed by atoms with Gasteiger partial charge in [-0.3, -0.25) is 10.1 Å². The number of hydrogen-bond acceptors (Lipinski definition) is 6. The smallest absolute Gasteiger partial charge is 0.289 e. The van der Waals surface area contributed by atoms with Crippen molar-refractivity contribution >= 4 is 32.3 Å². The summed E-state index contributed by atoms with van der Waals surface area (Å²) < 4.78 is 42.8. The van der Waals surface area contributed by atoms with E-state index in [-0.39, 0.29) is 21.6 Å². The van der Waals surface area contributed by atoms with E-state index in [0.29, 0.717) is 6.42 Å². The van der Waals surface area contributed by atoms with E-state index in [1.54, 1.807) is 6.08 Å². The minimum Gasteiger partial charge on any atom is -0.415 e. The number of sulfonamides is 1. The molecule has 1 aliphatic heterocycles. The summed E-state index contributed by atoms with van der Waals surface area (Å²) in [6, 6.07) is 4.27. The number of nitrogens with zero attached hydrogens (tertiary/aromatic N) is 2. The Labute approximate surface area is 219 Å². The van der Waals surface area contributed by atoms with Gasteiger partial charge in [0.1, 0.15) is 0 Å². The molecule has 0 saturated carbocycles. The Balaban J connectivity index is 2.63. The zero-order chi connectivity index (χ0) is 27.9. The molecule has 204 valence electrons. The topological polar surface area (TPSA) is 99.0 Å². The van der Waals surface area contributed by atoms with E-state index >= 15 is 0 Å². The van der Waals surface area contributed by atoms with Gasteiger partial charge in [0.05, 0.1) is 23.7 Å². The predicted octanol–water partition coefficient (Wildman–Crippen LogP) is 6.32. The zero-order valence-electron chi connectivity index (χ0n) is 23.5. The third-order valence-corrected chi connectivity index (χ3v) is 19.1. The second-order valence-electron chi connectivity index (χ2n) is 12.7. The lowest BCUT2D eigenvalue weighted by atomic mass is 10.1. The van der Waals surface area contributed by atoms with Crippen molar-refractivity contribution < 1.29 is 22.2 Å². The van der Waals surface area contributed by atoms with Crippen molar-refractivity contribution in [3.63, 3.8) is 0 Å². The zero-order valence-corrected chi connectivity index (χ0v) is 26.3. The van der Waals surface area contributed by atoms with Crippen LogP contribution in [0.3, 0.4) is 0 Å². The normalized spacial score (nSPS) is 22.6. The average Bonchev–Trinajstić information content (AvgIpc) is 3.08. The first kappa shape index (κ1) is 30.8. The van der Waals surface area contributed by atoms with E-state index in [4.69, 9.17) is 8.85 Å². The first-order valence-electron chi connectivity index (χ1n) is 12.4. The molecule has 1 fully saturated rings. The van der Waals surface area contributed by atoms with Crippen LogP contribution in [0.25, 0.3) is 0 Å². The highest BCUT2D eigenvalue weighted by molar-refractivity contribution is 7.89. The van der Waals surface area contributed by atoms with Crippen LogP contribution in [0.4, 0.5) is 5.69 Å². The van der Waals surface area contributed by atoms with E-state index in [9.17, 15) is 18.5 Å². The first-order chi connectivity index (χ1) is 16.2. The molecule has 1 aromatic rings. The summed E-state index contributed by atoms with van der Waals surface area (Å²) in [5, 5.41) is 11.6. The molecule has 1 heterocycles. The molecule has 0 bridgehead atoms. The van der Waals surface area contributed by atoms with Crippen LogP contribution in [0.1, 0.15) is 48.0 Å². The molecule has 0 aliphatic carbocycles. The number of nitro groups is 1. The van der Waals surface area contributed by atoms with Gasteiger partial charge in [0, 0.05) is 12.1 Å². The summed E-state index contributed by atoms with van der Waals surface area (Å²) in [7, 11) is -8.76. The fraction of sp³-hybridized carbons (Fsp3) is 0.680. The third kappa shape index (κ3) is 6.19. The lowest BCUT2D eigenvalue weighted by Crippen LogP contribution is -2.52. The summed E-state index contributed by atoms with van der Waals surface area (Å²) in [5.41, 5.74) is -0.446. The Hall–Kier alpha value is -1.38. The first-order valence-corrected chi connectivity index (χ1v) is 19.6. The van der Waals surface area contributed by atoms with Gasteiger partial charge in [0.2, 0.25) is 0 Å². The summed E-state index contributed by atoms with van der Waals surface area (Å²) in [4.78, 5) is 10.7. The summed E-state index contributed by atoms with van der Waals surface area (Å²) >= 11 is 0. The van der Waals surface area contributed by atoms with Crippen LogP contribution >= 0.6 is 0 Å². The number of rotatable bonds is 9. The molecule has 1 aromatic carbocycles. The molecular formula is C25H44N2O6SSi2. The predicted molar refractivity (Wildman–Crippen MR) is 150 cm³/mol. The van der Waals surface area contributed by atoms with Gasteiger partial charge in [-0.25, -0.2) is 8.42 Å². The molecule has 11 heteroatoms. The van der Waals surface area contributed by atoms with Gasteiger partial charge in [-0.15, -0.1) is 6.58 Å². The van der Waals surface area contributed by atoms with E-state index in [1.807, 2.05) is 0 Å². The molecule has 1 saturated heterocycles. The quantitative estimate of drug-likeness (QED) is 0.153. The van der Waals surface area contributed by atoms with E-state index in [0.717, 1.165) is 0 Å². The molecule has 2 rings (SSSR count). The van der Waals surface area contributed by atoms with Gasteiger partial charge in [-0.05, 0) is 48.8 Å². The fourth-order valence-corrected chi connectivity index (χ4v) is 8.13. The monoisotopic (exact) mass is 556 g/mol. The van der Waals surface area contributed by atoms with Gasteiger partial charge in [-0.2, -0.15) is 4.31 Å². The molecule has 36 heavy (non-hydrogen) atoms. The van der Waals surface area contributed by atoms with Crippen LogP contribution < -0.4 is 0 Å². The maximum absolute atomic E-state index is 14.1. The van der Waals surface area contributed by atoms with E-state index in [1.165, 1.54) is 28.6 Å². The van der Waals surface area contributed by atoms with E-state index < -0.39 is 55.5 Å². The molecule has 0 radical (unpaired) electrons. The highest BCUT2D eigenvalue weighted by Crippen LogP contribution is 2.43. The van der Waals surface area contributed by atoms with Crippen molar-refractivity contribution in [2.75, 3.05) is 6.61 Å². The van der Waals surface area contributed by atoms with Crippen molar-refractivity contribution in [3.05, 3.63) is 47.0 Å². The molecule has 0 unspecified atom stereocenters. The van der Waals surface area contributed by atoms with Crippen LogP contribution in [-0.4, -0.2) is 59.1 Å². The standard InChI is InChI=1S/C25H44N2O6SSi2/c1-12-19-17-22(33-36(10,11)25(5,6)7)21(18-32-35(8,9)24(2,3)4)26(19)34(30,31)23-16-14-13-15-20(23)27(28)29/h12-16,19,21-22H,1,17-18H2,2-11H3/t19-,21-,22+/m0/s1. The van der Waals surface area contributed by atoms with Crippen LogP contribution in [0.2, 0.25) is 36.3 Å². The van der Waals surface area contributed by atoms with E-state index in [2.05, 4.69) is 74.3 Å². The molecule has 0 amide bonds. The SMILES string of the molecule is C=C[C@H]1C[C@@H](O[Si](C)(C)C(C)(C)C)[C@H](CO[Si](C)(C)C(C)(C)C)N1S(=O)(=O)c1ccccc1[N+](=O)[O-]. The Bertz CT molecular complexity index is 1080. The van der Waals surface area contributed by atoms with Crippen molar-refractivity contribution in [2.24, 2.45) is 0 Å². The highest BCUT2D eigenvalue weighted by atomic mass is 32.2. The number of nitro benzene ring substituents is 1. The maximum Gasteiger partial charge on any atom is 0.289 e. The van der Waals surface area contributed by atoms with Crippen molar-refractivity contribution in [2.45, 2.75) is 107 Å². The minimum absolute atomic E-state index is 0.0683. The van der Waals surface area contributed by atoms with Gasteiger partial charge in [-0.1, -0.05) is 59.8 Å². The maximum atomic E-state index is 14.1. The summed E-state index contributed by atoms with van der Waals surface area (Å²) in [6.07, 6.45) is 1.60. The Morgan fingerprint density at radius 2 is 1.61 bits per heavy atom. The average molecular weight is 557 g/mol. The molecule has 8 nitrogen and oxygen atoms in total. The second-order valence-corrected chi connectivity index (χ2v) is 24.0. The van der Waals surface area contributed by atoms with Crippen LogP contribution in [0.15, 0.2) is 41.8 Å². The second kappa shape index (κ2) is 10.4. The lowest BCUT2D eigenvalue weighted by Gasteiger charge is -2.42.